The molecule has 7 nitrogen and oxygen atoms in total. The predicted octanol–water partition coefficient (Wildman–Crippen LogP) is 5.84. The molecule has 2 aromatic carbocycles. The minimum Gasteiger partial charge on any atom is -0.493 e. The Hall–Kier alpha value is -3.05. The van der Waals surface area contributed by atoms with Gasteiger partial charge in [-0.1, -0.05) is 54.1 Å². The van der Waals surface area contributed by atoms with Gasteiger partial charge in [0.2, 0.25) is 0 Å². The normalized spacial score (nSPS) is 16.1. The van der Waals surface area contributed by atoms with Crippen molar-refractivity contribution in [2.75, 3.05) is 13.7 Å². The standard InChI is InChI=1S/C25H21ClN2O5S3/c1-3-13-28-24(29)21(34-25(28)27-36(30,31)23-12-11-22(26)35-23)15-18-9-10-19(32-2)20(14-18)33-16-17-7-5-4-6-8-17/h3-12,14-15H,1,13,16H2,2H3/b21-15-,27-25+. The lowest BCUT2D eigenvalue weighted by atomic mass is 10.1. The Labute approximate surface area is 222 Å². The average molecular weight is 561 g/mol. The zero-order valence-electron chi connectivity index (χ0n) is 19.1. The molecular weight excluding hydrogens is 540 g/mol. The second-order valence-corrected chi connectivity index (χ2v) is 12.0. The molecule has 0 saturated carbocycles. The summed E-state index contributed by atoms with van der Waals surface area (Å²) in [5.74, 6) is 0.690. The molecule has 0 spiro atoms. The minimum absolute atomic E-state index is 0.000562. The van der Waals surface area contributed by atoms with Crippen molar-refractivity contribution < 1.29 is 22.7 Å². The molecule has 0 bridgehead atoms. The number of sulfonamides is 1. The number of nitrogens with zero attached hydrogens (tertiary/aromatic N) is 2. The van der Waals surface area contributed by atoms with E-state index in [1.54, 1.807) is 31.4 Å². The lowest BCUT2D eigenvalue weighted by Gasteiger charge is -2.12. The molecule has 11 heteroatoms. The number of hydrogen-bond donors (Lipinski definition) is 0. The molecule has 36 heavy (non-hydrogen) atoms. The van der Waals surface area contributed by atoms with Gasteiger partial charge in [0.15, 0.2) is 16.7 Å². The van der Waals surface area contributed by atoms with E-state index < -0.39 is 10.0 Å². The number of halogens is 1. The highest BCUT2D eigenvalue weighted by Gasteiger charge is 2.34. The van der Waals surface area contributed by atoms with Gasteiger partial charge >= 0.3 is 0 Å². The van der Waals surface area contributed by atoms with Crippen molar-refractivity contribution >= 4 is 61.9 Å². The van der Waals surface area contributed by atoms with E-state index in [4.69, 9.17) is 21.1 Å². The van der Waals surface area contributed by atoms with E-state index in [0.717, 1.165) is 28.7 Å². The largest absolute Gasteiger partial charge is 0.493 e. The van der Waals surface area contributed by atoms with Gasteiger partial charge in [0.1, 0.15) is 10.8 Å². The lowest BCUT2D eigenvalue weighted by molar-refractivity contribution is -0.121. The minimum atomic E-state index is -4.03. The van der Waals surface area contributed by atoms with Crippen LogP contribution in [-0.2, 0) is 21.4 Å². The highest BCUT2D eigenvalue weighted by Crippen LogP contribution is 2.36. The van der Waals surface area contributed by atoms with Crippen LogP contribution in [-0.4, -0.2) is 38.0 Å². The fourth-order valence-electron chi connectivity index (χ4n) is 3.23. The van der Waals surface area contributed by atoms with Crippen LogP contribution in [0, 0.1) is 0 Å². The van der Waals surface area contributed by atoms with Crippen LogP contribution in [0.2, 0.25) is 4.34 Å². The first-order chi connectivity index (χ1) is 17.3. The highest BCUT2D eigenvalue weighted by atomic mass is 35.5. The summed E-state index contributed by atoms with van der Waals surface area (Å²) in [6, 6.07) is 17.9. The summed E-state index contributed by atoms with van der Waals surface area (Å²) < 4.78 is 41.2. The Bertz CT molecular complexity index is 1450. The van der Waals surface area contributed by atoms with E-state index in [9.17, 15) is 13.2 Å². The second-order valence-electron chi connectivity index (χ2n) is 7.41. The molecule has 1 amide bonds. The van der Waals surface area contributed by atoms with Crippen molar-refractivity contribution in [2.45, 2.75) is 10.8 Å². The van der Waals surface area contributed by atoms with E-state index in [1.807, 2.05) is 30.3 Å². The molecule has 3 aromatic rings. The van der Waals surface area contributed by atoms with Crippen LogP contribution in [0.25, 0.3) is 6.08 Å². The molecule has 0 unspecified atom stereocenters. The van der Waals surface area contributed by atoms with E-state index in [1.165, 1.54) is 23.1 Å². The van der Waals surface area contributed by atoms with Crippen molar-refractivity contribution in [3.63, 3.8) is 0 Å². The second kappa shape index (κ2) is 11.3. The first-order valence-corrected chi connectivity index (χ1v) is 14.0. The lowest BCUT2D eigenvalue weighted by Crippen LogP contribution is -2.29. The highest BCUT2D eigenvalue weighted by molar-refractivity contribution is 8.19. The molecule has 1 aliphatic rings. The van der Waals surface area contributed by atoms with Gasteiger partial charge in [0.05, 0.1) is 16.4 Å². The van der Waals surface area contributed by atoms with Crippen LogP contribution in [0.4, 0.5) is 0 Å². The quantitative estimate of drug-likeness (QED) is 0.241. The maximum Gasteiger partial charge on any atom is 0.294 e. The van der Waals surface area contributed by atoms with Crippen molar-refractivity contribution in [1.82, 2.24) is 4.90 Å². The van der Waals surface area contributed by atoms with Gasteiger partial charge in [-0.25, -0.2) is 0 Å². The number of carbonyl (C=O) groups excluding carboxylic acids is 1. The third kappa shape index (κ3) is 6.01. The van der Waals surface area contributed by atoms with Crippen LogP contribution in [0.5, 0.6) is 11.5 Å². The number of ether oxygens (including phenoxy) is 2. The van der Waals surface area contributed by atoms with Crippen molar-refractivity contribution in [1.29, 1.82) is 0 Å². The molecule has 0 atom stereocenters. The summed E-state index contributed by atoms with van der Waals surface area (Å²) in [7, 11) is -2.48. The molecule has 0 N–H and O–H groups in total. The fraction of sp³-hybridized carbons (Fsp3) is 0.120. The number of carbonyl (C=O) groups is 1. The van der Waals surface area contributed by atoms with Crippen molar-refractivity contribution in [3.05, 3.63) is 93.7 Å². The van der Waals surface area contributed by atoms with Crippen LogP contribution < -0.4 is 9.47 Å². The molecule has 1 saturated heterocycles. The van der Waals surface area contributed by atoms with E-state index in [2.05, 4.69) is 11.0 Å². The maximum atomic E-state index is 13.1. The predicted molar refractivity (Wildman–Crippen MR) is 145 cm³/mol. The third-order valence-electron chi connectivity index (χ3n) is 4.92. The zero-order chi connectivity index (χ0) is 25.7. The molecule has 1 aromatic heterocycles. The molecule has 0 radical (unpaired) electrons. The topological polar surface area (TPSA) is 85.3 Å². The molecular formula is C25H21ClN2O5S3. The zero-order valence-corrected chi connectivity index (χ0v) is 22.3. The number of amidine groups is 1. The average Bonchev–Trinajstić information content (AvgIpc) is 3.43. The summed E-state index contributed by atoms with van der Waals surface area (Å²) >= 11 is 7.76. The summed E-state index contributed by atoms with van der Waals surface area (Å²) in [6.45, 7) is 4.12. The first-order valence-electron chi connectivity index (χ1n) is 10.6. The molecule has 1 fully saturated rings. The van der Waals surface area contributed by atoms with Gasteiger partial charge in [-0.2, -0.15) is 8.42 Å². The van der Waals surface area contributed by atoms with Crippen molar-refractivity contribution in [3.8, 4) is 11.5 Å². The number of hydrogen-bond acceptors (Lipinski definition) is 7. The Morgan fingerprint density at radius 2 is 1.89 bits per heavy atom. The summed E-state index contributed by atoms with van der Waals surface area (Å²) in [4.78, 5) is 14.7. The SMILES string of the molecule is C=CCN1C(=O)/C(=C/c2ccc(OC)c(OCc3ccccc3)c2)S/C1=N/S(=O)(=O)c1ccc(Cl)s1. The van der Waals surface area contributed by atoms with Crippen molar-refractivity contribution in [2.24, 2.45) is 4.40 Å². The number of thiophene rings is 1. The number of thioether (sulfide) groups is 1. The Balaban J connectivity index is 1.63. The summed E-state index contributed by atoms with van der Waals surface area (Å²) in [5.41, 5.74) is 1.68. The maximum absolute atomic E-state index is 13.1. The van der Waals surface area contributed by atoms with Crippen LogP contribution in [0.3, 0.4) is 0 Å². The van der Waals surface area contributed by atoms with Crippen LogP contribution >= 0.6 is 34.7 Å². The van der Waals surface area contributed by atoms with Crippen LogP contribution in [0.15, 0.2) is 86.8 Å². The molecule has 0 aliphatic carbocycles. The number of benzene rings is 2. The van der Waals surface area contributed by atoms with E-state index in [0.29, 0.717) is 32.9 Å². The molecule has 2 heterocycles. The Morgan fingerprint density at radius 3 is 2.56 bits per heavy atom. The van der Waals surface area contributed by atoms with Gasteiger partial charge in [0, 0.05) is 6.54 Å². The van der Waals surface area contributed by atoms with Gasteiger partial charge < -0.3 is 9.47 Å². The molecule has 4 rings (SSSR count). The fourth-order valence-corrected chi connectivity index (χ4v) is 6.88. The van der Waals surface area contributed by atoms with E-state index >= 15 is 0 Å². The smallest absolute Gasteiger partial charge is 0.294 e. The Kier molecular flexibility index (Phi) is 8.20. The molecule has 186 valence electrons. The van der Waals surface area contributed by atoms with Gasteiger partial charge in [-0.05, 0) is 53.2 Å². The first kappa shape index (κ1) is 26.0. The van der Waals surface area contributed by atoms with E-state index in [-0.39, 0.29) is 21.8 Å². The summed E-state index contributed by atoms with van der Waals surface area (Å²) in [6.07, 6.45) is 3.17. The molecule has 1 aliphatic heterocycles. The summed E-state index contributed by atoms with van der Waals surface area (Å²) in [5, 5.41) is 0.0461. The number of methoxy groups -OCH3 is 1. The monoisotopic (exact) mass is 560 g/mol. The van der Waals surface area contributed by atoms with Crippen LogP contribution in [0.1, 0.15) is 11.1 Å². The Morgan fingerprint density at radius 1 is 1.11 bits per heavy atom. The number of rotatable bonds is 9. The van der Waals surface area contributed by atoms with Gasteiger partial charge in [-0.3, -0.25) is 9.69 Å². The number of amides is 1. The van der Waals surface area contributed by atoms with Gasteiger partial charge in [-0.15, -0.1) is 22.3 Å². The third-order valence-corrected chi connectivity index (χ3v) is 9.01. The van der Waals surface area contributed by atoms with Gasteiger partial charge in [0.25, 0.3) is 15.9 Å².